The quantitative estimate of drug-likeness (QED) is 0.810. The number of nitrogens with zero attached hydrogens (tertiary/aromatic N) is 1. The van der Waals surface area contributed by atoms with E-state index < -0.39 is 0 Å². The predicted octanol–water partition coefficient (Wildman–Crippen LogP) is 0.515. The van der Waals surface area contributed by atoms with E-state index in [1.165, 1.54) is 6.07 Å². The average molecular weight is 241 g/mol. The van der Waals surface area contributed by atoms with Crippen molar-refractivity contribution in [2.45, 2.75) is 12.6 Å². The van der Waals surface area contributed by atoms with Crippen LogP contribution < -0.4 is 4.90 Å². The van der Waals surface area contributed by atoms with E-state index in [9.17, 15) is 9.50 Å². The number of aliphatic hydroxyl groups is 2. The highest BCUT2D eigenvalue weighted by molar-refractivity contribution is 5.50. The molecule has 0 bridgehead atoms. The Labute approximate surface area is 99.2 Å². The van der Waals surface area contributed by atoms with Gasteiger partial charge in [-0.25, -0.2) is 4.39 Å². The van der Waals surface area contributed by atoms with Crippen molar-refractivity contribution in [2.75, 3.05) is 31.3 Å². The van der Waals surface area contributed by atoms with E-state index in [0.717, 1.165) is 0 Å². The molecular weight excluding hydrogens is 225 g/mol. The number of ether oxygens (including phenoxy) is 1. The maximum Gasteiger partial charge on any atom is 0.146 e. The molecule has 1 saturated heterocycles. The van der Waals surface area contributed by atoms with Crippen molar-refractivity contribution < 1.29 is 19.3 Å². The minimum atomic E-state index is -0.378. The fourth-order valence-electron chi connectivity index (χ4n) is 2.00. The van der Waals surface area contributed by atoms with Gasteiger partial charge in [-0.2, -0.15) is 0 Å². The summed E-state index contributed by atoms with van der Waals surface area (Å²) in [7, 11) is 0. The van der Waals surface area contributed by atoms with Gasteiger partial charge in [0.15, 0.2) is 0 Å². The molecule has 1 aromatic carbocycles. The van der Waals surface area contributed by atoms with E-state index in [1.54, 1.807) is 17.0 Å². The molecule has 5 heteroatoms. The molecule has 17 heavy (non-hydrogen) atoms. The normalized spacial score (nSPS) is 20.6. The Balaban J connectivity index is 2.25. The van der Waals surface area contributed by atoms with E-state index in [2.05, 4.69) is 0 Å². The summed E-state index contributed by atoms with van der Waals surface area (Å²) in [6, 6.07) is 4.43. The molecule has 1 aliphatic heterocycles. The Kier molecular flexibility index (Phi) is 3.93. The highest BCUT2D eigenvalue weighted by Crippen LogP contribution is 2.24. The second-order valence-corrected chi connectivity index (χ2v) is 4.05. The Morgan fingerprint density at radius 2 is 2.24 bits per heavy atom. The number of anilines is 1. The van der Waals surface area contributed by atoms with Crippen LogP contribution in [0.1, 0.15) is 5.56 Å². The first-order valence-electron chi connectivity index (χ1n) is 5.60. The summed E-state index contributed by atoms with van der Waals surface area (Å²) in [6.07, 6.45) is 0. The molecule has 0 amide bonds. The number of hydrogen-bond acceptors (Lipinski definition) is 4. The lowest BCUT2D eigenvalue weighted by Crippen LogP contribution is -2.48. The second-order valence-electron chi connectivity index (χ2n) is 4.05. The summed E-state index contributed by atoms with van der Waals surface area (Å²) in [5.74, 6) is -0.378. The van der Waals surface area contributed by atoms with Crippen LogP contribution in [0.2, 0.25) is 0 Å². The molecule has 2 N–H and O–H groups in total. The van der Waals surface area contributed by atoms with Crippen molar-refractivity contribution >= 4 is 5.69 Å². The van der Waals surface area contributed by atoms with Gasteiger partial charge >= 0.3 is 0 Å². The first-order valence-corrected chi connectivity index (χ1v) is 5.60. The first kappa shape index (κ1) is 12.3. The minimum Gasteiger partial charge on any atom is -0.394 e. The van der Waals surface area contributed by atoms with Gasteiger partial charge in [-0.05, 0) is 17.7 Å². The van der Waals surface area contributed by atoms with Crippen LogP contribution in [0.15, 0.2) is 18.2 Å². The molecule has 1 aromatic rings. The van der Waals surface area contributed by atoms with Gasteiger partial charge in [0, 0.05) is 6.54 Å². The monoisotopic (exact) mass is 241 g/mol. The molecule has 4 nitrogen and oxygen atoms in total. The van der Waals surface area contributed by atoms with Crippen molar-refractivity contribution in [1.29, 1.82) is 0 Å². The maximum absolute atomic E-state index is 13.9. The zero-order chi connectivity index (χ0) is 12.3. The third-order valence-electron chi connectivity index (χ3n) is 2.94. The molecule has 1 aliphatic rings. The van der Waals surface area contributed by atoms with Crippen molar-refractivity contribution in [3.05, 3.63) is 29.6 Å². The summed E-state index contributed by atoms with van der Waals surface area (Å²) in [5, 5.41) is 18.2. The van der Waals surface area contributed by atoms with E-state index in [0.29, 0.717) is 31.0 Å². The highest BCUT2D eigenvalue weighted by Gasteiger charge is 2.24. The Morgan fingerprint density at radius 3 is 2.88 bits per heavy atom. The molecule has 0 spiro atoms. The summed E-state index contributed by atoms with van der Waals surface area (Å²) in [4.78, 5) is 1.81. The molecule has 2 rings (SSSR count). The average Bonchev–Trinajstić information content (AvgIpc) is 2.38. The van der Waals surface area contributed by atoms with Gasteiger partial charge in [0.2, 0.25) is 0 Å². The van der Waals surface area contributed by atoms with E-state index >= 15 is 0 Å². The number of benzene rings is 1. The van der Waals surface area contributed by atoms with E-state index in [1.807, 2.05) is 0 Å². The van der Waals surface area contributed by atoms with Crippen LogP contribution in [0.5, 0.6) is 0 Å². The lowest BCUT2D eigenvalue weighted by Gasteiger charge is -2.36. The van der Waals surface area contributed by atoms with Crippen molar-refractivity contribution in [3.8, 4) is 0 Å². The van der Waals surface area contributed by atoms with Gasteiger partial charge in [-0.1, -0.05) is 6.07 Å². The smallest absolute Gasteiger partial charge is 0.146 e. The lowest BCUT2D eigenvalue weighted by molar-refractivity contribution is 0.0723. The fourth-order valence-corrected chi connectivity index (χ4v) is 2.00. The van der Waals surface area contributed by atoms with Crippen LogP contribution in [0, 0.1) is 5.82 Å². The Hall–Kier alpha value is -1.17. The molecule has 0 radical (unpaired) electrons. The zero-order valence-electron chi connectivity index (χ0n) is 9.47. The molecule has 1 fully saturated rings. The number of hydrogen-bond donors (Lipinski definition) is 2. The zero-order valence-corrected chi connectivity index (χ0v) is 9.47. The fraction of sp³-hybridized carbons (Fsp3) is 0.500. The van der Waals surface area contributed by atoms with Crippen LogP contribution >= 0.6 is 0 Å². The first-order chi connectivity index (χ1) is 8.26. The summed E-state index contributed by atoms with van der Waals surface area (Å²) >= 11 is 0. The topological polar surface area (TPSA) is 52.9 Å². The van der Waals surface area contributed by atoms with Crippen LogP contribution in [0.3, 0.4) is 0 Å². The SMILES string of the molecule is OCc1ccc(N2CCOCC2CO)c(F)c1. The molecule has 1 atom stereocenters. The predicted molar refractivity (Wildman–Crippen MR) is 61.4 cm³/mol. The molecular formula is C12H16FNO3. The van der Waals surface area contributed by atoms with Gasteiger partial charge in [0.1, 0.15) is 5.82 Å². The van der Waals surface area contributed by atoms with Crippen LogP contribution in [0.4, 0.5) is 10.1 Å². The van der Waals surface area contributed by atoms with Crippen LogP contribution in [0.25, 0.3) is 0 Å². The van der Waals surface area contributed by atoms with E-state index in [-0.39, 0.29) is 25.1 Å². The third-order valence-corrected chi connectivity index (χ3v) is 2.94. The van der Waals surface area contributed by atoms with E-state index in [4.69, 9.17) is 9.84 Å². The number of morpholine rings is 1. The van der Waals surface area contributed by atoms with Gasteiger partial charge in [0.05, 0.1) is 38.2 Å². The standard InChI is InChI=1S/C12H16FNO3/c13-11-5-9(6-15)1-2-12(11)14-3-4-17-8-10(14)7-16/h1-2,5,10,15-16H,3-4,6-8H2. The number of rotatable bonds is 3. The molecule has 1 unspecified atom stereocenters. The third kappa shape index (κ3) is 2.57. The highest BCUT2D eigenvalue weighted by atomic mass is 19.1. The molecule has 0 saturated carbocycles. The molecule has 0 aromatic heterocycles. The van der Waals surface area contributed by atoms with Crippen LogP contribution in [-0.4, -0.2) is 42.6 Å². The van der Waals surface area contributed by atoms with Gasteiger partial charge in [-0.15, -0.1) is 0 Å². The van der Waals surface area contributed by atoms with Crippen LogP contribution in [-0.2, 0) is 11.3 Å². The molecule has 1 heterocycles. The van der Waals surface area contributed by atoms with Crippen molar-refractivity contribution in [1.82, 2.24) is 0 Å². The minimum absolute atomic E-state index is 0.0683. The summed E-state index contributed by atoms with van der Waals surface area (Å²) < 4.78 is 19.1. The lowest BCUT2D eigenvalue weighted by atomic mass is 10.1. The summed E-state index contributed by atoms with van der Waals surface area (Å²) in [6.45, 7) is 1.24. The Morgan fingerprint density at radius 1 is 1.41 bits per heavy atom. The Bertz CT molecular complexity index is 386. The number of aliphatic hydroxyl groups excluding tert-OH is 2. The number of halogens is 1. The molecule has 94 valence electrons. The second kappa shape index (κ2) is 5.44. The maximum atomic E-state index is 13.9. The molecule has 0 aliphatic carbocycles. The largest absolute Gasteiger partial charge is 0.394 e. The van der Waals surface area contributed by atoms with Gasteiger partial charge in [-0.3, -0.25) is 0 Å². The van der Waals surface area contributed by atoms with Gasteiger partial charge in [0.25, 0.3) is 0 Å². The van der Waals surface area contributed by atoms with Crippen molar-refractivity contribution in [2.24, 2.45) is 0 Å². The van der Waals surface area contributed by atoms with Gasteiger partial charge < -0.3 is 19.8 Å². The van der Waals surface area contributed by atoms with Crippen molar-refractivity contribution in [3.63, 3.8) is 0 Å². The summed E-state index contributed by atoms with van der Waals surface area (Å²) in [5.41, 5.74) is 0.990.